The Morgan fingerprint density at radius 1 is 1.21 bits per heavy atom. The highest BCUT2D eigenvalue weighted by Crippen LogP contribution is 2.36. The van der Waals surface area contributed by atoms with E-state index in [0.29, 0.717) is 23.7 Å². The normalized spacial score (nSPS) is 19.1. The van der Waals surface area contributed by atoms with E-state index >= 15 is 0 Å². The average Bonchev–Trinajstić information content (AvgIpc) is 2.88. The Morgan fingerprint density at radius 2 is 1.97 bits per heavy atom. The number of pyridine rings is 1. The number of aromatic nitrogens is 1. The summed E-state index contributed by atoms with van der Waals surface area (Å²) in [6, 6.07) is 11.6. The highest BCUT2D eigenvalue weighted by molar-refractivity contribution is 7.99. The summed E-state index contributed by atoms with van der Waals surface area (Å²) in [4.78, 5) is 21.6. The molecule has 0 bridgehead atoms. The molecule has 9 heteroatoms. The van der Waals surface area contributed by atoms with Crippen LogP contribution in [0.25, 0.3) is 10.9 Å². The fourth-order valence-electron chi connectivity index (χ4n) is 5.43. The van der Waals surface area contributed by atoms with E-state index in [2.05, 4.69) is 28.9 Å². The third-order valence-electron chi connectivity index (χ3n) is 7.45. The van der Waals surface area contributed by atoms with Gasteiger partial charge < -0.3 is 19.6 Å². The first-order valence-corrected chi connectivity index (χ1v) is 13.9. The molecule has 38 heavy (non-hydrogen) atoms. The summed E-state index contributed by atoms with van der Waals surface area (Å²) in [7, 11) is 5.76. The van der Waals surface area contributed by atoms with E-state index in [-0.39, 0.29) is 12.0 Å². The van der Waals surface area contributed by atoms with Crippen molar-refractivity contribution in [3.05, 3.63) is 65.9 Å². The Balaban J connectivity index is 1.39. The molecule has 6 nitrogen and oxygen atoms in total. The van der Waals surface area contributed by atoms with Crippen LogP contribution in [0.2, 0.25) is 0 Å². The summed E-state index contributed by atoms with van der Waals surface area (Å²) in [5.74, 6) is -0.885. The monoisotopic (exact) mass is 543 g/mol. The fourth-order valence-corrected chi connectivity index (χ4v) is 6.41. The number of carbonyl (C=O) groups is 1. The van der Waals surface area contributed by atoms with Crippen LogP contribution in [-0.2, 0) is 4.79 Å². The van der Waals surface area contributed by atoms with Crippen molar-refractivity contribution >= 4 is 28.6 Å². The predicted molar refractivity (Wildman–Crippen MR) is 147 cm³/mol. The first kappa shape index (κ1) is 28.3. The lowest BCUT2D eigenvalue weighted by Gasteiger charge is -2.37. The Bertz CT molecular complexity index is 1240. The number of methoxy groups -OCH3 is 1. The zero-order chi connectivity index (χ0) is 27.2. The second-order valence-corrected chi connectivity index (χ2v) is 11.3. The van der Waals surface area contributed by atoms with Gasteiger partial charge in [0.15, 0.2) is 0 Å². The SMILES string of the molecule is COc1ccc2nccc([C@@H](CC[C@@H]3CCN(CCSc4cc(F)cc(F)c4)C[C@@H]3C(=O)O)N(C)C)c2c1. The van der Waals surface area contributed by atoms with Crippen molar-refractivity contribution in [2.45, 2.75) is 30.2 Å². The van der Waals surface area contributed by atoms with Gasteiger partial charge in [0.25, 0.3) is 0 Å². The van der Waals surface area contributed by atoms with Crippen LogP contribution < -0.4 is 4.74 Å². The molecule has 0 aliphatic carbocycles. The van der Waals surface area contributed by atoms with Crippen molar-refractivity contribution in [2.75, 3.05) is 46.6 Å². The number of hydrogen-bond acceptors (Lipinski definition) is 6. The molecule has 1 fully saturated rings. The van der Waals surface area contributed by atoms with Crippen LogP contribution in [0, 0.1) is 23.5 Å². The average molecular weight is 544 g/mol. The Kier molecular flexibility index (Phi) is 9.57. The summed E-state index contributed by atoms with van der Waals surface area (Å²) < 4.78 is 32.3. The van der Waals surface area contributed by atoms with Gasteiger partial charge in [0.1, 0.15) is 17.4 Å². The van der Waals surface area contributed by atoms with E-state index in [1.807, 2.05) is 30.5 Å². The van der Waals surface area contributed by atoms with Crippen LogP contribution in [0.1, 0.15) is 30.9 Å². The molecule has 204 valence electrons. The maximum atomic E-state index is 13.5. The van der Waals surface area contributed by atoms with Crippen LogP contribution in [-0.4, -0.2) is 72.5 Å². The van der Waals surface area contributed by atoms with Crippen molar-refractivity contribution < 1.29 is 23.4 Å². The van der Waals surface area contributed by atoms with E-state index in [0.717, 1.165) is 54.1 Å². The molecule has 1 N–H and O–H groups in total. The maximum absolute atomic E-state index is 13.5. The number of nitrogens with zero attached hydrogens (tertiary/aromatic N) is 3. The molecule has 0 unspecified atom stereocenters. The van der Waals surface area contributed by atoms with Crippen molar-refractivity contribution in [3.63, 3.8) is 0 Å². The lowest BCUT2D eigenvalue weighted by molar-refractivity contribution is -0.146. The minimum atomic E-state index is -0.764. The molecular weight excluding hydrogens is 508 g/mol. The number of benzene rings is 2. The van der Waals surface area contributed by atoms with Crippen LogP contribution >= 0.6 is 11.8 Å². The lowest BCUT2D eigenvalue weighted by atomic mass is 9.80. The number of piperidine rings is 1. The summed E-state index contributed by atoms with van der Waals surface area (Å²) in [5, 5.41) is 11.1. The minimum absolute atomic E-state index is 0.0822. The molecular formula is C29H35F2N3O3S. The molecule has 0 spiro atoms. The summed E-state index contributed by atoms with van der Waals surface area (Å²) in [5.41, 5.74) is 2.07. The first-order valence-electron chi connectivity index (χ1n) is 12.9. The molecule has 0 radical (unpaired) electrons. The molecule has 3 atom stereocenters. The number of aliphatic carboxylic acids is 1. The van der Waals surface area contributed by atoms with E-state index in [1.165, 1.54) is 23.9 Å². The molecule has 0 saturated carbocycles. The molecule has 4 rings (SSSR count). The van der Waals surface area contributed by atoms with Crippen molar-refractivity contribution in [2.24, 2.45) is 11.8 Å². The standard InChI is InChI=1S/C29H35F2N3O3S/c1-33(2)28(24-8-10-32-27-6-5-22(37-3)17-25(24)27)7-4-19-9-11-34(18-26(19)29(35)36)12-13-38-23-15-20(30)14-21(31)16-23/h5-6,8,10,14-17,19,26,28H,4,7,9,11-13,18H2,1-3H3,(H,35,36)/t19-,26+,28-/m1/s1. The summed E-state index contributed by atoms with van der Waals surface area (Å²) in [6.45, 7) is 1.97. The van der Waals surface area contributed by atoms with Gasteiger partial charge in [-0.2, -0.15) is 0 Å². The Morgan fingerprint density at radius 3 is 2.66 bits per heavy atom. The number of rotatable bonds is 11. The summed E-state index contributed by atoms with van der Waals surface area (Å²) in [6.07, 6.45) is 4.27. The highest BCUT2D eigenvalue weighted by atomic mass is 32.2. The number of carboxylic acids is 1. The minimum Gasteiger partial charge on any atom is -0.497 e. The van der Waals surface area contributed by atoms with Gasteiger partial charge in [-0.15, -0.1) is 11.8 Å². The van der Waals surface area contributed by atoms with Gasteiger partial charge in [0.05, 0.1) is 18.5 Å². The largest absolute Gasteiger partial charge is 0.497 e. The fraction of sp³-hybridized carbons (Fsp3) is 0.448. The summed E-state index contributed by atoms with van der Waals surface area (Å²) >= 11 is 1.38. The van der Waals surface area contributed by atoms with E-state index in [9.17, 15) is 18.7 Å². The number of thioether (sulfide) groups is 1. The molecule has 1 aliphatic rings. The second kappa shape index (κ2) is 12.9. The van der Waals surface area contributed by atoms with Crippen LogP contribution in [0.3, 0.4) is 0 Å². The van der Waals surface area contributed by atoms with E-state index in [1.54, 1.807) is 7.11 Å². The Labute approximate surface area is 227 Å². The first-order chi connectivity index (χ1) is 18.2. The van der Waals surface area contributed by atoms with Gasteiger partial charge in [0, 0.05) is 47.4 Å². The number of likely N-dealkylation sites (tertiary alicyclic amines) is 1. The van der Waals surface area contributed by atoms with E-state index < -0.39 is 23.5 Å². The smallest absolute Gasteiger partial charge is 0.308 e. The van der Waals surface area contributed by atoms with E-state index in [4.69, 9.17) is 4.74 Å². The molecule has 0 amide bonds. The number of carboxylic acid groups (broad SMARTS) is 1. The molecule has 2 heterocycles. The van der Waals surface area contributed by atoms with Crippen molar-refractivity contribution in [3.8, 4) is 5.75 Å². The van der Waals surface area contributed by atoms with Gasteiger partial charge in [-0.1, -0.05) is 0 Å². The van der Waals surface area contributed by atoms with Gasteiger partial charge in [-0.05, 0) is 87.8 Å². The molecule has 1 aromatic heterocycles. The number of hydrogen-bond donors (Lipinski definition) is 1. The number of halogens is 2. The molecule has 1 aliphatic heterocycles. The van der Waals surface area contributed by atoms with Crippen molar-refractivity contribution in [1.29, 1.82) is 0 Å². The Hall–Kier alpha value is -2.75. The van der Waals surface area contributed by atoms with Crippen LogP contribution in [0.5, 0.6) is 5.75 Å². The molecule has 3 aromatic rings. The van der Waals surface area contributed by atoms with Gasteiger partial charge in [0.2, 0.25) is 0 Å². The molecule has 1 saturated heterocycles. The zero-order valence-corrected chi connectivity index (χ0v) is 22.9. The van der Waals surface area contributed by atoms with Gasteiger partial charge >= 0.3 is 5.97 Å². The lowest BCUT2D eigenvalue weighted by Crippen LogP contribution is -2.44. The third-order valence-corrected chi connectivity index (χ3v) is 8.40. The molecule has 2 aromatic carbocycles. The van der Waals surface area contributed by atoms with Crippen LogP contribution in [0.4, 0.5) is 8.78 Å². The van der Waals surface area contributed by atoms with Crippen LogP contribution in [0.15, 0.2) is 53.6 Å². The maximum Gasteiger partial charge on any atom is 0.308 e. The van der Waals surface area contributed by atoms with Gasteiger partial charge in [-0.25, -0.2) is 8.78 Å². The van der Waals surface area contributed by atoms with Crippen molar-refractivity contribution in [1.82, 2.24) is 14.8 Å². The predicted octanol–water partition coefficient (Wildman–Crippen LogP) is 5.72. The second-order valence-electron chi connectivity index (χ2n) is 10.1. The number of ether oxygens (including phenoxy) is 1. The zero-order valence-electron chi connectivity index (χ0n) is 22.1. The number of fused-ring (bicyclic) bond motifs is 1. The third kappa shape index (κ3) is 7.01. The quantitative estimate of drug-likeness (QED) is 0.310. The van der Waals surface area contributed by atoms with Gasteiger partial charge in [-0.3, -0.25) is 9.78 Å². The topological polar surface area (TPSA) is 65.9 Å². The highest BCUT2D eigenvalue weighted by Gasteiger charge is 2.34.